The van der Waals surface area contributed by atoms with E-state index in [1.165, 1.54) is 57.5 Å². The Labute approximate surface area is 192 Å². The molecule has 0 aromatic heterocycles. The second kappa shape index (κ2) is 9.74. The Hall–Kier alpha value is -3.21. The molecule has 0 spiro atoms. The third-order valence-corrected chi connectivity index (χ3v) is 7.22. The summed E-state index contributed by atoms with van der Waals surface area (Å²) in [7, 11) is 2.16. The number of ketones is 1. The van der Waals surface area contributed by atoms with Crippen molar-refractivity contribution in [2.75, 3.05) is 41.5 Å². The van der Waals surface area contributed by atoms with Gasteiger partial charge in [-0.15, -0.1) is 0 Å². The zero-order valence-electron chi connectivity index (χ0n) is 18.8. The molecule has 0 saturated carbocycles. The first-order chi connectivity index (χ1) is 15.6. The van der Waals surface area contributed by atoms with Crippen molar-refractivity contribution in [3.05, 3.63) is 65.2 Å². The van der Waals surface area contributed by atoms with Crippen LogP contribution in [0.5, 0.6) is 5.75 Å². The van der Waals surface area contributed by atoms with Crippen LogP contribution in [0.25, 0.3) is 5.76 Å². The lowest BCUT2D eigenvalue weighted by atomic mass is 9.95. The van der Waals surface area contributed by atoms with Crippen molar-refractivity contribution in [3.63, 3.8) is 0 Å². The lowest BCUT2D eigenvalue weighted by Gasteiger charge is -2.25. The standard InChI is InChI=1S/C23H26N2O7S/c1-24(2)33(29,30)18-10-8-15(9-11-18)21(26)19-20(16-6-5-7-17(14-16)32-4)25(12-13-31-3)23(28)22(19)27/h5-11,14,20,26H,12-13H2,1-4H3/t20-/m0/s1. The monoisotopic (exact) mass is 474 g/mol. The summed E-state index contributed by atoms with van der Waals surface area (Å²) in [5.41, 5.74) is 0.705. The fourth-order valence-corrected chi connectivity index (χ4v) is 4.51. The van der Waals surface area contributed by atoms with Gasteiger partial charge in [0.25, 0.3) is 11.7 Å². The van der Waals surface area contributed by atoms with Crippen molar-refractivity contribution in [1.82, 2.24) is 9.21 Å². The van der Waals surface area contributed by atoms with Gasteiger partial charge in [0.05, 0.1) is 30.2 Å². The summed E-state index contributed by atoms with van der Waals surface area (Å²) >= 11 is 0. The lowest BCUT2D eigenvalue weighted by Crippen LogP contribution is -2.32. The van der Waals surface area contributed by atoms with Crippen LogP contribution in [0.4, 0.5) is 0 Å². The first-order valence-electron chi connectivity index (χ1n) is 10.1. The van der Waals surface area contributed by atoms with Crippen molar-refractivity contribution in [3.8, 4) is 5.75 Å². The Morgan fingerprint density at radius 3 is 2.33 bits per heavy atom. The van der Waals surface area contributed by atoms with Crippen LogP contribution >= 0.6 is 0 Å². The highest BCUT2D eigenvalue weighted by Crippen LogP contribution is 2.40. The first-order valence-corrected chi connectivity index (χ1v) is 11.5. The molecule has 0 radical (unpaired) electrons. The maximum Gasteiger partial charge on any atom is 0.295 e. The Morgan fingerprint density at radius 1 is 1.09 bits per heavy atom. The molecule has 2 aromatic rings. The minimum Gasteiger partial charge on any atom is -0.507 e. The Morgan fingerprint density at radius 2 is 1.76 bits per heavy atom. The Balaban J connectivity index is 2.14. The van der Waals surface area contributed by atoms with Gasteiger partial charge in [0.1, 0.15) is 11.5 Å². The molecule has 1 atom stereocenters. The second-order valence-electron chi connectivity index (χ2n) is 7.57. The van der Waals surface area contributed by atoms with E-state index in [0.717, 1.165) is 4.31 Å². The number of Topliss-reactive ketones (excluding diaryl/α,β-unsaturated/α-hetero) is 1. The number of carbonyl (C=O) groups excluding carboxylic acids is 2. The van der Waals surface area contributed by atoms with Gasteiger partial charge >= 0.3 is 0 Å². The number of rotatable bonds is 8. The van der Waals surface area contributed by atoms with E-state index in [9.17, 15) is 23.1 Å². The summed E-state index contributed by atoms with van der Waals surface area (Å²) in [5.74, 6) is -1.45. The van der Waals surface area contributed by atoms with Gasteiger partial charge in [-0.1, -0.05) is 12.1 Å². The zero-order chi connectivity index (χ0) is 24.3. The van der Waals surface area contributed by atoms with Gasteiger partial charge in [-0.2, -0.15) is 0 Å². The van der Waals surface area contributed by atoms with Gasteiger partial charge in [-0.25, -0.2) is 12.7 Å². The van der Waals surface area contributed by atoms with E-state index >= 15 is 0 Å². The maximum absolute atomic E-state index is 13.0. The van der Waals surface area contributed by atoms with Crippen LogP contribution in [0.15, 0.2) is 59.0 Å². The molecule has 1 amide bonds. The highest BCUT2D eigenvalue weighted by Gasteiger charge is 2.46. The summed E-state index contributed by atoms with van der Waals surface area (Å²) in [6, 6.07) is 11.5. The predicted molar refractivity (Wildman–Crippen MR) is 121 cm³/mol. The van der Waals surface area contributed by atoms with Crippen LogP contribution in [0.2, 0.25) is 0 Å². The number of aliphatic hydroxyl groups is 1. The minimum atomic E-state index is -3.66. The SMILES string of the molecule is COCCN1C(=O)C(=O)C(=C(O)c2ccc(S(=O)(=O)N(C)C)cc2)[C@@H]1c1cccc(OC)c1. The van der Waals surface area contributed by atoms with Gasteiger partial charge in [-0.3, -0.25) is 9.59 Å². The van der Waals surface area contributed by atoms with Crippen LogP contribution in [0.1, 0.15) is 17.2 Å². The third-order valence-electron chi connectivity index (χ3n) is 5.39. The molecule has 2 aromatic carbocycles. The number of ether oxygens (including phenoxy) is 2. The smallest absolute Gasteiger partial charge is 0.295 e. The molecule has 9 nitrogen and oxygen atoms in total. The summed E-state index contributed by atoms with van der Waals surface area (Å²) < 4.78 is 36.1. The topological polar surface area (TPSA) is 113 Å². The average molecular weight is 475 g/mol. The van der Waals surface area contributed by atoms with Crippen LogP contribution in [0, 0.1) is 0 Å². The molecule has 10 heteroatoms. The van der Waals surface area contributed by atoms with Gasteiger partial charge in [0.15, 0.2) is 0 Å². The van der Waals surface area contributed by atoms with E-state index in [2.05, 4.69) is 0 Å². The number of sulfonamides is 1. The van der Waals surface area contributed by atoms with Gasteiger partial charge in [0, 0.05) is 33.3 Å². The molecule has 1 fully saturated rings. The molecule has 1 saturated heterocycles. The molecule has 176 valence electrons. The number of likely N-dealkylation sites (tertiary alicyclic amines) is 1. The molecule has 1 heterocycles. The molecule has 1 aliphatic rings. The zero-order valence-corrected chi connectivity index (χ0v) is 19.6. The summed E-state index contributed by atoms with van der Waals surface area (Å²) in [5, 5.41) is 11.1. The van der Waals surface area contributed by atoms with Crippen LogP contribution in [0.3, 0.4) is 0 Å². The lowest BCUT2D eigenvalue weighted by molar-refractivity contribution is -0.140. The van der Waals surface area contributed by atoms with E-state index in [4.69, 9.17) is 9.47 Å². The molecule has 3 rings (SSSR count). The van der Waals surface area contributed by atoms with Crippen molar-refractivity contribution in [2.24, 2.45) is 0 Å². The highest BCUT2D eigenvalue weighted by atomic mass is 32.2. The van der Waals surface area contributed by atoms with Crippen molar-refractivity contribution >= 4 is 27.5 Å². The molecule has 1 aliphatic heterocycles. The number of methoxy groups -OCH3 is 2. The van der Waals surface area contributed by atoms with E-state index in [1.807, 2.05) is 0 Å². The van der Waals surface area contributed by atoms with Crippen molar-refractivity contribution in [2.45, 2.75) is 10.9 Å². The number of hydrogen-bond acceptors (Lipinski definition) is 7. The Kier molecular flexibility index (Phi) is 7.21. The van der Waals surface area contributed by atoms with E-state index in [-0.39, 0.29) is 29.2 Å². The van der Waals surface area contributed by atoms with Gasteiger partial charge < -0.3 is 19.5 Å². The van der Waals surface area contributed by atoms with Gasteiger partial charge in [0.2, 0.25) is 10.0 Å². The number of amides is 1. The first kappa shape index (κ1) is 24.4. The van der Waals surface area contributed by atoms with Crippen LogP contribution < -0.4 is 4.74 Å². The fourth-order valence-electron chi connectivity index (χ4n) is 3.61. The fraction of sp³-hybridized carbons (Fsp3) is 0.304. The number of aliphatic hydroxyl groups excluding tert-OH is 1. The van der Waals surface area contributed by atoms with Crippen LogP contribution in [-0.2, 0) is 24.3 Å². The number of hydrogen-bond donors (Lipinski definition) is 1. The van der Waals surface area contributed by atoms with Gasteiger partial charge in [-0.05, 0) is 42.0 Å². The molecule has 1 N–H and O–H groups in total. The Bertz CT molecular complexity index is 1190. The molecule has 33 heavy (non-hydrogen) atoms. The van der Waals surface area contributed by atoms with E-state index in [1.54, 1.807) is 24.3 Å². The van der Waals surface area contributed by atoms with E-state index in [0.29, 0.717) is 11.3 Å². The summed E-state index contributed by atoms with van der Waals surface area (Å²) in [4.78, 5) is 27.2. The number of nitrogens with zero attached hydrogens (tertiary/aromatic N) is 2. The van der Waals surface area contributed by atoms with Crippen LogP contribution in [-0.4, -0.2) is 75.9 Å². The molecule has 0 aliphatic carbocycles. The quantitative estimate of drug-likeness (QED) is 0.354. The summed E-state index contributed by atoms with van der Waals surface area (Å²) in [6.07, 6.45) is 0. The largest absolute Gasteiger partial charge is 0.507 e. The molecule has 0 unspecified atom stereocenters. The van der Waals surface area contributed by atoms with Crippen molar-refractivity contribution < 1.29 is 32.6 Å². The van der Waals surface area contributed by atoms with Crippen molar-refractivity contribution in [1.29, 1.82) is 0 Å². The third kappa shape index (κ3) is 4.63. The molecule has 0 bridgehead atoms. The number of benzene rings is 2. The normalized spacial score (nSPS) is 18.2. The average Bonchev–Trinajstić information content (AvgIpc) is 3.07. The van der Waals surface area contributed by atoms with E-state index < -0.39 is 33.5 Å². The maximum atomic E-state index is 13.0. The highest BCUT2D eigenvalue weighted by molar-refractivity contribution is 7.89. The molecular formula is C23H26N2O7S. The predicted octanol–water partition coefficient (Wildman–Crippen LogP) is 2.01. The minimum absolute atomic E-state index is 0.0361. The second-order valence-corrected chi connectivity index (χ2v) is 9.73. The molecular weight excluding hydrogens is 448 g/mol. The number of carbonyl (C=O) groups is 2. The summed E-state index contributed by atoms with van der Waals surface area (Å²) in [6.45, 7) is 0.338.